The Balaban J connectivity index is 2.06. The molecule has 1 aromatic heterocycles. The molecule has 120 valence electrons. The van der Waals surface area contributed by atoms with Crippen LogP contribution >= 0.6 is 11.8 Å². The molecule has 22 heavy (non-hydrogen) atoms. The number of nitrogens with zero attached hydrogens (tertiary/aromatic N) is 1. The fourth-order valence-electron chi connectivity index (χ4n) is 2.45. The number of carbonyl (C=O) groups excluding carboxylic acids is 1. The van der Waals surface area contributed by atoms with Crippen LogP contribution in [0.4, 0.5) is 0 Å². The van der Waals surface area contributed by atoms with E-state index < -0.39 is 0 Å². The zero-order valence-electron chi connectivity index (χ0n) is 13.4. The van der Waals surface area contributed by atoms with E-state index in [9.17, 15) is 4.79 Å². The predicted octanol–water partition coefficient (Wildman–Crippen LogP) is 4.05. The Hall–Kier alpha value is -1.49. The Kier molecular flexibility index (Phi) is 6.77. The van der Waals surface area contributed by atoms with Crippen molar-refractivity contribution in [2.75, 3.05) is 12.0 Å². The van der Waals surface area contributed by atoms with Crippen LogP contribution in [0.5, 0.6) is 0 Å². The summed E-state index contributed by atoms with van der Waals surface area (Å²) < 4.78 is 0. The smallest absolute Gasteiger partial charge is 0.220 e. The Bertz CT molecular complexity index is 563. The van der Waals surface area contributed by atoms with E-state index >= 15 is 0 Å². The summed E-state index contributed by atoms with van der Waals surface area (Å²) in [6.45, 7) is 2.15. The number of unbranched alkanes of at least 4 members (excludes halogenated alkanes) is 2. The topological polar surface area (TPSA) is 57.8 Å². The summed E-state index contributed by atoms with van der Waals surface area (Å²) in [6.07, 6.45) is 6.76. The number of carbonyl (C=O) groups is 1. The summed E-state index contributed by atoms with van der Waals surface area (Å²) in [5, 5.41) is 3.14. The van der Waals surface area contributed by atoms with Crippen molar-refractivity contribution in [3.63, 3.8) is 0 Å². The number of H-pyrrole nitrogens is 1. The lowest BCUT2D eigenvalue weighted by atomic mass is 10.1. The minimum Gasteiger partial charge on any atom is -0.346 e. The van der Waals surface area contributed by atoms with Crippen LogP contribution in [0.15, 0.2) is 24.3 Å². The number of para-hydroxylation sites is 2. The lowest BCUT2D eigenvalue weighted by molar-refractivity contribution is -0.122. The van der Waals surface area contributed by atoms with Crippen molar-refractivity contribution in [3.05, 3.63) is 30.1 Å². The molecule has 0 aliphatic rings. The molecule has 5 heteroatoms. The number of aromatic nitrogens is 2. The van der Waals surface area contributed by atoms with E-state index in [1.165, 1.54) is 0 Å². The van der Waals surface area contributed by atoms with Gasteiger partial charge in [-0.2, -0.15) is 11.8 Å². The van der Waals surface area contributed by atoms with Crippen LogP contribution in [0.3, 0.4) is 0 Å². The van der Waals surface area contributed by atoms with Gasteiger partial charge in [0.2, 0.25) is 5.91 Å². The predicted molar refractivity (Wildman–Crippen MR) is 94.1 cm³/mol. The van der Waals surface area contributed by atoms with Crippen LogP contribution in [0.25, 0.3) is 11.0 Å². The first-order valence-electron chi connectivity index (χ1n) is 7.97. The molecule has 0 saturated carbocycles. The van der Waals surface area contributed by atoms with Gasteiger partial charge in [-0.15, -0.1) is 0 Å². The normalized spacial score (nSPS) is 12.5. The van der Waals surface area contributed by atoms with E-state index in [0.717, 1.165) is 48.3 Å². The molecule has 0 fully saturated rings. The Labute approximate surface area is 136 Å². The van der Waals surface area contributed by atoms with Crippen molar-refractivity contribution in [1.82, 2.24) is 15.3 Å². The van der Waals surface area contributed by atoms with Crippen molar-refractivity contribution in [1.29, 1.82) is 0 Å². The van der Waals surface area contributed by atoms with Gasteiger partial charge >= 0.3 is 0 Å². The molecular weight excluding hydrogens is 294 g/mol. The summed E-state index contributed by atoms with van der Waals surface area (Å²) in [4.78, 5) is 20.1. The van der Waals surface area contributed by atoms with Gasteiger partial charge in [0.25, 0.3) is 0 Å². The van der Waals surface area contributed by atoms with Crippen LogP contribution in [-0.2, 0) is 4.79 Å². The molecule has 1 aromatic carbocycles. The lowest BCUT2D eigenvalue weighted by Gasteiger charge is -2.16. The highest BCUT2D eigenvalue weighted by molar-refractivity contribution is 7.98. The van der Waals surface area contributed by atoms with Crippen LogP contribution in [0.2, 0.25) is 0 Å². The van der Waals surface area contributed by atoms with E-state index in [4.69, 9.17) is 0 Å². The van der Waals surface area contributed by atoms with E-state index in [-0.39, 0.29) is 11.9 Å². The van der Waals surface area contributed by atoms with Gasteiger partial charge in [-0.3, -0.25) is 4.79 Å². The summed E-state index contributed by atoms with van der Waals surface area (Å²) >= 11 is 1.79. The fraction of sp³-hybridized carbons (Fsp3) is 0.529. The molecule has 0 radical (unpaired) electrons. The molecule has 2 rings (SSSR count). The standard InChI is InChI=1S/C17H25N3OS/c1-3-4-5-10-16(21)18-15(11-12-22-2)17-19-13-8-6-7-9-14(13)20-17/h6-9,15H,3-5,10-12H2,1-2H3,(H,18,21)(H,19,20). The summed E-state index contributed by atoms with van der Waals surface area (Å²) in [5.74, 6) is 1.98. The first-order valence-corrected chi connectivity index (χ1v) is 9.37. The molecule has 1 unspecified atom stereocenters. The van der Waals surface area contributed by atoms with E-state index in [2.05, 4.69) is 28.5 Å². The molecule has 1 amide bonds. The number of hydrogen-bond acceptors (Lipinski definition) is 3. The van der Waals surface area contributed by atoms with Gasteiger partial charge in [0.1, 0.15) is 5.82 Å². The largest absolute Gasteiger partial charge is 0.346 e. The SMILES string of the molecule is CCCCCC(=O)NC(CCSC)c1nc2ccccc2[nH]1. The molecule has 0 spiro atoms. The summed E-state index contributed by atoms with van der Waals surface area (Å²) in [7, 11) is 0. The quantitative estimate of drug-likeness (QED) is 0.685. The van der Waals surface area contributed by atoms with Crippen molar-refractivity contribution < 1.29 is 4.79 Å². The van der Waals surface area contributed by atoms with Crippen molar-refractivity contribution in [3.8, 4) is 0 Å². The van der Waals surface area contributed by atoms with Gasteiger partial charge in [0.15, 0.2) is 0 Å². The van der Waals surface area contributed by atoms with E-state index in [0.29, 0.717) is 6.42 Å². The minimum atomic E-state index is -0.0334. The monoisotopic (exact) mass is 319 g/mol. The molecule has 1 atom stereocenters. The Morgan fingerprint density at radius 3 is 2.91 bits per heavy atom. The highest BCUT2D eigenvalue weighted by atomic mass is 32.2. The maximum atomic E-state index is 12.1. The molecule has 2 N–H and O–H groups in total. The van der Waals surface area contributed by atoms with Gasteiger partial charge in [0, 0.05) is 6.42 Å². The zero-order valence-corrected chi connectivity index (χ0v) is 14.2. The minimum absolute atomic E-state index is 0.0334. The average Bonchev–Trinajstić information content (AvgIpc) is 2.95. The van der Waals surface area contributed by atoms with Gasteiger partial charge in [-0.25, -0.2) is 4.98 Å². The number of hydrogen-bond donors (Lipinski definition) is 2. The molecule has 1 heterocycles. The highest BCUT2D eigenvalue weighted by Crippen LogP contribution is 2.20. The van der Waals surface area contributed by atoms with Gasteiger partial charge in [-0.05, 0) is 37.0 Å². The first kappa shape index (κ1) is 16.9. The molecule has 4 nitrogen and oxygen atoms in total. The Morgan fingerprint density at radius 2 is 2.18 bits per heavy atom. The van der Waals surface area contributed by atoms with Crippen LogP contribution in [0, 0.1) is 0 Å². The fourth-order valence-corrected chi connectivity index (χ4v) is 2.92. The Morgan fingerprint density at radius 1 is 1.36 bits per heavy atom. The molecule has 0 aliphatic heterocycles. The van der Waals surface area contributed by atoms with Crippen LogP contribution < -0.4 is 5.32 Å². The highest BCUT2D eigenvalue weighted by Gasteiger charge is 2.17. The second-order valence-electron chi connectivity index (χ2n) is 5.50. The van der Waals surface area contributed by atoms with Crippen LogP contribution in [-0.4, -0.2) is 27.9 Å². The lowest BCUT2D eigenvalue weighted by Crippen LogP contribution is -2.29. The summed E-state index contributed by atoms with van der Waals surface area (Å²) in [6, 6.07) is 7.94. The number of thioether (sulfide) groups is 1. The molecular formula is C17H25N3OS. The number of rotatable bonds is 9. The number of aromatic amines is 1. The van der Waals surface area contributed by atoms with Crippen molar-refractivity contribution >= 4 is 28.7 Å². The second kappa shape index (κ2) is 8.83. The average molecular weight is 319 g/mol. The molecule has 0 aliphatic carbocycles. The molecule has 0 saturated heterocycles. The van der Waals surface area contributed by atoms with E-state index in [1.807, 2.05) is 24.3 Å². The maximum Gasteiger partial charge on any atom is 0.220 e. The number of fused-ring (bicyclic) bond motifs is 1. The number of nitrogens with one attached hydrogen (secondary N) is 2. The molecule has 0 bridgehead atoms. The maximum absolute atomic E-state index is 12.1. The third-order valence-corrected chi connectivity index (χ3v) is 4.33. The number of benzene rings is 1. The summed E-state index contributed by atoms with van der Waals surface area (Å²) in [5.41, 5.74) is 1.97. The zero-order chi connectivity index (χ0) is 15.8. The van der Waals surface area contributed by atoms with Crippen molar-refractivity contribution in [2.24, 2.45) is 0 Å². The van der Waals surface area contributed by atoms with E-state index in [1.54, 1.807) is 11.8 Å². The van der Waals surface area contributed by atoms with Gasteiger partial charge in [-0.1, -0.05) is 31.9 Å². The first-order chi connectivity index (χ1) is 10.7. The number of imidazole rings is 1. The number of amides is 1. The third-order valence-electron chi connectivity index (χ3n) is 3.69. The third kappa shape index (κ3) is 4.77. The molecule has 2 aromatic rings. The van der Waals surface area contributed by atoms with Crippen LogP contribution in [0.1, 0.15) is 50.9 Å². The van der Waals surface area contributed by atoms with Gasteiger partial charge in [0.05, 0.1) is 17.1 Å². The van der Waals surface area contributed by atoms with Crippen molar-refractivity contribution in [2.45, 2.75) is 45.1 Å². The van der Waals surface area contributed by atoms with Gasteiger partial charge < -0.3 is 10.3 Å². The second-order valence-corrected chi connectivity index (χ2v) is 6.48.